The number of hydrogen-bond donors (Lipinski definition) is 0. The van der Waals surface area contributed by atoms with Gasteiger partial charge in [-0.3, -0.25) is 0 Å². The summed E-state index contributed by atoms with van der Waals surface area (Å²) in [6, 6.07) is 0. The van der Waals surface area contributed by atoms with Crippen molar-refractivity contribution >= 4 is 13.5 Å². The van der Waals surface area contributed by atoms with E-state index in [9.17, 15) is 0 Å². The van der Waals surface area contributed by atoms with E-state index in [1.54, 1.807) is 0 Å². The van der Waals surface area contributed by atoms with Gasteiger partial charge in [0.25, 0.3) is 0 Å². The molecule has 0 aliphatic carbocycles. The van der Waals surface area contributed by atoms with Crippen molar-refractivity contribution in [1.29, 1.82) is 0 Å². The van der Waals surface area contributed by atoms with E-state index in [4.69, 9.17) is 0 Å². The molecule has 0 rings (SSSR count). The Labute approximate surface area is 61.4 Å². The second-order valence-electron chi connectivity index (χ2n) is 1.39. The summed E-state index contributed by atoms with van der Waals surface area (Å²) < 4.78 is 0. The molecule has 6 heavy (non-hydrogen) atoms. The van der Waals surface area contributed by atoms with Gasteiger partial charge in [-0.1, -0.05) is 13.8 Å². The maximum atomic E-state index is 3.64. The summed E-state index contributed by atoms with van der Waals surface area (Å²) in [4.78, 5) is 0. The zero-order chi connectivity index (χ0) is 3.58. The molecule has 0 atom stereocenters. The van der Waals surface area contributed by atoms with Crippen molar-refractivity contribution in [2.45, 2.75) is 13.8 Å². The van der Waals surface area contributed by atoms with Crippen LogP contribution in [-0.2, 0) is 21.1 Å². The van der Waals surface area contributed by atoms with E-state index in [0.717, 1.165) is 0 Å². The molecule has 0 aromatic rings. The van der Waals surface area contributed by atoms with Crippen LogP contribution >= 0.6 is 13.5 Å². The summed E-state index contributed by atoms with van der Waals surface area (Å²) in [7, 11) is 0. The monoisotopic (exact) mass is 275 g/mol. The van der Waals surface area contributed by atoms with Crippen LogP contribution in [0.1, 0.15) is 13.8 Å². The number of hydrogen-bond acceptors (Lipinski definition) is 0. The van der Waals surface area contributed by atoms with Crippen LogP contribution in [0.25, 0.3) is 0 Å². The van der Waals surface area contributed by atoms with Gasteiger partial charge in [0.05, 0.1) is 0 Å². The molecule has 0 saturated carbocycles. The fraction of sp³-hybridized carbons (Fsp3) is 0.750. The van der Waals surface area contributed by atoms with E-state index >= 15 is 0 Å². The Bertz CT molecular complexity index is 12.3. The minimum Gasteiger partial charge on any atom is -0.341 e. The van der Waals surface area contributed by atoms with Gasteiger partial charge in [-0.05, 0) is 0 Å². The maximum Gasteiger partial charge on any atom is 0 e. The third-order valence-corrected chi connectivity index (χ3v) is 0. The smallest absolute Gasteiger partial charge is 0 e. The van der Waals surface area contributed by atoms with Crippen molar-refractivity contribution in [3.05, 3.63) is 6.92 Å². The first-order valence-corrected chi connectivity index (χ1v) is 1.56. The van der Waals surface area contributed by atoms with E-state index in [-0.39, 0.29) is 34.6 Å². The fourth-order valence-corrected chi connectivity index (χ4v) is 0. The molecule has 0 amide bonds. The van der Waals surface area contributed by atoms with E-state index in [2.05, 4.69) is 20.8 Å². The van der Waals surface area contributed by atoms with Crippen LogP contribution in [0.5, 0.6) is 0 Å². The molecule has 0 saturated heterocycles. The normalized spacial score (nSPS) is 6.00. The van der Waals surface area contributed by atoms with Crippen LogP contribution in [0, 0.1) is 12.8 Å². The van der Waals surface area contributed by atoms with Crippen molar-refractivity contribution < 1.29 is 21.1 Å². The average molecular weight is 275 g/mol. The molecule has 0 fully saturated rings. The summed E-state index contributed by atoms with van der Waals surface area (Å²) in [5, 5.41) is 0. The molecule has 0 aliphatic heterocycles. The molecule has 0 spiro atoms. The molecule has 0 unspecified atom stereocenters. The molecule has 40 valence electrons. The summed E-state index contributed by atoms with van der Waals surface area (Å²) in [5.41, 5.74) is 0. The third-order valence-electron chi connectivity index (χ3n) is 0. The van der Waals surface area contributed by atoms with Crippen molar-refractivity contribution in [2.75, 3.05) is 0 Å². The van der Waals surface area contributed by atoms with Crippen molar-refractivity contribution in [1.82, 2.24) is 0 Å². The van der Waals surface area contributed by atoms with Crippen LogP contribution < -0.4 is 0 Å². The molecule has 0 aromatic heterocycles. The molecule has 0 aromatic carbocycles. The first-order valence-electron chi connectivity index (χ1n) is 1.56. The maximum absolute atomic E-state index is 3.64. The van der Waals surface area contributed by atoms with E-state index < -0.39 is 0 Å². The molecule has 2 heteroatoms. The SMILES string of the molecule is S.[CH2-]C(C)C.[W]. The van der Waals surface area contributed by atoms with Crippen molar-refractivity contribution in [2.24, 2.45) is 5.92 Å². The average Bonchev–Trinajstić information content (AvgIpc) is 0.811. The van der Waals surface area contributed by atoms with Gasteiger partial charge in [-0.25, -0.2) is 0 Å². The molecule has 0 N–H and O–H groups in total. The van der Waals surface area contributed by atoms with E-state index in [1.807, 2.05) is 0 Å². The van der Waals surface area contributed by atoms with Crippen molar-refractivity contribution in [3.63, 3.8) is 0 Å². The van der Waals surface area contributed by atoms with Crippen LogP contribution in [0.15, 0.2) is 0 Å². The Morgan fingerprint density at radius 3 is 1.33 bits per heavy atom. The third kappa shape index (κ3) is 76.2. The molecule has 0 aliphatic rings. The van der Waals surface area contributed by atoms with Gasteiger partial charge in [-0.15, -0.1) is 0 Å². The minimum atomic E-state index is 0. The Morgan fingerprint density at radius 2 is 1.33 bits per heavy atom. The largest absolute Gasteiger partial charge is 0.341 e. The summed E-state index contributed by atoms with van der Waals surface area (Å²) in [6.07, 6.45) is 0. The van der Waals surface area contributed by atoms with Crippen LogP contribution in [0.2, 0.25) is 0 Å². The van der Waals surface area contributed by atoms with Crippen LogP contribution in [-0.4, -0.2) is 0 Å². The molecular weight excluding hydrogens is 264 g/mol. The van der Waals surface area contributed by atoms with Crippen LogP contribution in [0.4, 0.5) is 0 Å². The zero-order valence-corrected chi connectivity index (χ0v) is 8.13. The second-order valence-corrected chi connectivity index (χ2v) is 1.39. The fourth-order valence-electron chi connectivity index (χ4n) is 0. The number of rotatable bonds is 0. The molecule has 0 bridgehead atoms. The van der Waals surface area contributed by atoms with Gasteiger partial charge in [0.15, 0.2) is 0 Å². The first-order chi connectivity index (χ1) is 1.73. The standard InChI is InChI=1S/C4H9.H2S.W/c1-4(2)3;;/h4H,1H2,2-3H3;1H2;/q-1;;. The molecular formula is C4H11SW-. The zero-order valence-electron chi connectivity index (χ0n) is 4.19. The first kappa shape index (κ1) is 15.7. The topological polar surface area (TPSA) is 0 Å². The van der Waals surface area contributed by atoms with Crippen LogP contribution in [0.3, 0.4) is 0 Å². The molecule has 0 heterocycles. The predicted octanol–water partition coefficient (Wildman–Crippen LogP) is 1.59. The minimum absolute atomic E-state index is 0. The van der Waals surface area contributed by atoms with Gasteiger partial charge in [0.1, 0.15) is 0 Å². The van der Waals surface area contributed by atoms with Crippen molar-refractivity contribution in [3.8, 4) is 0 Å². The quantitative estimate of drug-likeness (QED) is 0.589. The van der Waals surface area contributed by atoms with Gasteiger partial charge >= 0.3 is 0 Å². The molecule has 0 nitrogen and oxygen atoms in total. The van der Waals surface area contributed by atoms with E-state index in [0.29, 0.717) is 5.92 Å². The Balaban J connectivity index is -0.0000000450. The van der Waals surface area contributed by atoms with Gasteiger partial charge < -0.3 is 6.92 Å². The second kappa shape index (κ2) is 9.40. The summed E-state index contributed by atoms with van der Waals surface area (Å²) >= 11 is 0. The predicted molar refractivity (Wildman–Crippen MR) is 30.6 cm³/mol. The summed E-state index contributed by atoms with van der Waals surface area (Å²) in [5.74, 6) is 0.583. The Kier molecular flexibility index (Phi) is 24.7. The Morgan fingerprint density at radius 1 is 1.33 bits per heavy atom. The Hall–Kier alpha value is 1.04. The van der Waals surface area contributed by atoms with E-state index in [1.165, 1.54) is 0 Å². The van der Waals surface area contributed by atoms with Gasteiger partial charge in [0.2, 0.25) is 0 Å². The van der Waals surface area contributed by atoms with Gasteiger partial charge in [0, 0.05) is 21.1 Å². The molecule has 0 radical (unpaired) electrons. The summed E-state index contributed by atoms with van der Waals surface area (Å²) in [6.45, 7) is 7.75. The van der Waals surface area contributed by atoms with Gasteiger partial charge in [-0.2, -0.15) is 19.4 Å².